The number of hydrogen-bond donors (Lipinski definition) is 1. The molecule has 0 aliphatic heterocycles. The van der Waals surface area contributed by atoms with Crippen LogP contribution in [0.15, 0.2) is 17.8 Å². The fourth-order valence-electron chi connectivity index (χ4n) is 1.88. The lowest BCUT2D eigenvalue weighted by atomic mass is 10.2. The van der Waals surface area contributed by atoms with Gasteiger partial charge in [0.2, 0.25) is 0 Å². The van der Waals surface area contributed by atoms with E-state index in [9.17, 15) is 0 Å². The summed E-state index contributed by atoms with van der Waals surface area (Å²) in [5.41, 5.74) is 5.59. The van der Waals surface area contributed by atoms with Gasteiger partial charge in [-0.3, -0.25) is 0 Å². The lowest BCUT2D eigenvalue weighted by molar-refractivity contribution is 0.651. The predicted octanol–water partition coefficient (Wildman–Crippen LogP) is 2.25. The Hall–Kier alpha value is -1.20. The van der Waals surface area contributed by atoms with Gasteiger partial charge in [-0.05, 0) is 38.3 Å². The molecule has 92 valence electrons. The second kappa shape index (κ2) is 5.42. The summed E-state index contributed by atoms with van der Waals surface area (Å²) in [7, 11) is 0. The van der Waals surface area contributed by atoms with Crippen molar-refractivity contribution in [1.82, 2.24) is 9.97 Å². The van der Waals surface area contributed by atoms with Crippen LogP contribution in [0.1, 0.15) is 20.3 Å². The molecule has 0 aliphatic carbocycles. The summed E-state index contributed by atoms with van der Waals surface area (Å²) in [5, 5.41) is 3.20. The molecule has 2 N–H and O–H groups in total. The maximum Gasteiger partial charge on any atom is 0.140 e. The average Bonchev–Trinajstić information content (AvgIpc) is 2.77. The van der Waals surface area contributed by atoms with Crippen LogP contribution < -0.4 is 10.6 Å². The van der Waals surface area contributed by atoms with Crippen LogP contribution in [0.2, 0.25) is 0 Å². The number of anilines is 1. The van der Waals surface area contributed by atoms with E-state index in [2.05, 4.69) is 40.2 Å². The highest BCUT2D eigenvalue weighted by molar-refractivity contribution is 7.16. The molecule has 0 bridgehead atoms. The van der Waals surface area contributed by atoms with Gasteiger partial charge in [-0.2, -0.15) is 0 Å². The van der Waals surface area contributed by atoms with Gasteiger partial charge in [0, 0.05) is 12.6 Å². The van der Waals surface area contributed by atoms with E-state index >= 15 is 0 Å². The summed E-state index contributed by atoms with van der Waals surface area (Å²) in [6, 6.07) is 2.51. The van der Waals surface area contributed by atoms with E-state index in [0.717, 1.165) is 29.0 Å². The second-order valence-electron chi connectivity index (χ2n) is 4.27. The number of nitrogens with zero attached hydrogens (tertiary/aromatic N) is 3. The van der Waals surface area contributed by atoms with Crippen molar-refractivity contribution in [2.24, 2.45) is 5.73 Å². The van der Waals surface area contributed by atoms with Crippen molar-refractivity contribution in [2.45, 2.75) is 26.3 Å². The Labute approximate surface area is 105 Å². The van der Waals surface area contributed by atoms with Crippen molar-refractivity contribution in [1.29, 1.82) is 0 Å². The molecule has 0 atom stereocenters. The molecular formula is C12H18N4S. The van der Waals surface area contributed by atoms with Crippen LogP contribution in [-0.4, -0.2) is 29.1 Å². The first-order chi connectivity index (χ1) is 8.24. The Bertz CT molecular complexity index is 480. The third kappa shape index (κ3) is 2.56. The van der Waals surface area contributed by atoms with Gasteiger partial charge >= 0.3 is 0 Å². The number of rotatable bonds is 5. The van der Waals surface area contributed by atoms with E-state index in [-0.39, 0.29) is 0 Å². The molecule has 5 heteroatoms. The van der Waals surface area contributed by atoms with Crippen molar-refractivity contribution in [3.63, 3.8) is 0 Å². The van der Waals surface area contributed by atoms with Gasteiger partial charge in [0.25, 0.3) is 0 Å². The monoisotopic (exact) mass is 250 g/mol. The zero-order chi connectivity index (χ0) is 12.3. The SMILES string of the molecule is CC(C)N(CCCN)c1ncnc2sccc12. The minimum absolute atomic E-state index is 0.416. The molecule has 0 amide bonds. The quantitative estimate of drug-likeness (QED) is 0.884. The molecule has 0 saturated heterocycles. The average molecular weight is 250 g/mol. The molecule has 0 unspecified atom stereocenters. The van der Waals surface area contributed by atoms with Crippen LogP contribution in [0, 0.1) is 0 Å². The summed E-state index contributed by atoms with van der Waals surface area (Å²) < 4.78 is 0. The molecular weight excluding hydrogens is 232 g/mol. The summed E-state index contributed by atoms with van der Waals surface area (Å²) in [4.78, 5) is 12.1. The van der Waals surface area contributed by atoms with Crippen molar-refractivity contribution in [3.05, 3.63) is 17.8 Å². The molecule has 4 nitrogen and oxygen atoms in total. The first-order valence-corrected chi connectivity index (χ1v) is 6.77. The highest BCUT2D eigenvalue weighted by Gasteiger charge is 2.15. The molecule has 0 spiro atoms. The first-order valence-electron chi connectivity index (χ1n) is 5.89. The molecule has 2 heterocycles. The van der Waals surface area contributed by atoms with E-state index in [1.165, 1.54) is 0 Å². The molecule has 17 heavy (non-hydrogen) atoms. The molecule has 2 aromatic rings. The molecule has 2 aromatic heterocycles. The lowest BCUT2D eigenvalue weighted by Crippen LogP contribution is -2.33. The predicted molar refractivity (Wildman–Crippen MR) is 73.6 cm³/mol. The Kier molecular flexibility index (Phi) is 3.91. The zero-order valence-corrected chi connectivity index (χ0v) is 11.1. The van der Waals surface area contributed by atoms with Crippen LogP contribution in [0.4, 0.5) is 5.82 Å². The van der Waals surface area contributed by atoms with E-state index in [1.807, 2.05) is 0 Å². The van der Waals surface area contributed by atoms with Crippen LogP contribution >= 0.6 is 11.3 Å². The van der Waals surface area contributed by atoms with E-state index in [1.54, 1.807) is 17.7 Å². The van der Waals surface area contributed by atoms with Gasteiger partial charge in [0.05, 0.1) is 5.39 Å². The van der Waals surface area contributed by atoms with Gasteiger partial charge in [-0.15, -0.1) is 11.3 Å². The third-order valence-corrected chi connectivity index (χ3v) is 3.56. The number of aromatic nitrogens is 2. The molecule has 0 aliphatic rings. The molecule has 0 fully saturated rings. The normalized spacial score (nSPS) is 11.3. The minimum atomic E-state index is 0.416. The second-order valence-corrected chi connectivity index (χ2v) is 5.16. The van der Waals surface area contributed by atoms with Crippen LogP contribution in [0.5, 0.6) is 0 Å². The zero-order valence-electron chi connectivity index (χ0n) is 10.3. The fourth-order valence-corrected chi connectivity index (χ4v) is 2.60. The number of fused-ring (bicyclic) bond motifs is 1. The number of hydrogen-bond acceptors (Lipinski definition) is 5. The first kappa shape index (κ1) is 12.3. The Balaban J connectivity index is 2.37. The van der Waals surface area contributed by atoms with Crippen molar-refractivity contribution in [3.8, 4) is 0 Å². The largest absolute Gasteiger partial charge is 0.354 e. The van der Waals surface area contributed by atoms with Gasteiger partial charge in [-0.25, -0.2) is 9.97 Å². The summed E-state index contributed by atoms with van der Waals surface area (Å²) in [5.74, 6) is 1.03. The molecule has 0 radical (unpaired) electrons. The molecule has 2 rings (SSSR count). The van der Waals surface area contributed by atoms with Crippen molar-refractivity contribution < 1.29 is 0 Å². The van der Waals surface area contributed by atoms with Crippen molar-refractivity contribution >= 4 is 27.4 Å². The van der Waals surface area contributed by atoms with Gasteiger partial charge in [0.15, 0.2) is 0 Å². The van der Waals surface area contributed by atoms with E-state index in [4.69, 9.17) is 5.73 Å². The van der Waals surface area contributed by atoms with Gasteiger partial charge < -0.3 is 10.6 Å². The van der Waals surface area contributed by atoms with Crippen LogP contribution in [-0.2, 0) is 0 Å². The summed E-state index contributed by atoms with van der Waals surface area (Å²) >= 11 is 1.65. The summed E-state index contributed by atoms with van der Waals surface area (Å²) in [6.07, 6.45) is 2.62. The van der Waals surface area contributed by atoms with Gasteiger partial charge in [-0.1, -0.05) is 0 Å². The highest BCUT2D eigenvalue weighted by atomic mass is 32.1. The summed E-state index contributed by atoms with van der Waals surface area (Å²) in [6.45, 7) is 6.00. The van der Waals surface area contributed by atoms with Crippen LogP contribution in [0.3, 0.4) is 0 Å². The number of thiophene rings is 1. The Morgan fingerprint density at radius 1 is 1.41 bits per heavy atom. The number of nitrogens with two attached hydrogens (primary N) is 1. The molecule has 0 aromatic carbocycles. The Morgan fingerprint density at radius 2 is 2.24 bits per heavy atom. The third-order valence-electron chi connectivity index (χ3n) is 2.74. The topological polar surface area (TPSA) is 55.0 Å². The molecule has 0 saturated carbocycles. The maximum atomic E-state index is 5.59. The van der Waals surface area contributed by atoms with Crippen molar-refractivity contribution in [2.75, 3.05) is 18.0 Å². The highest BCUT2D eigenvalue weighted by Crippen LogP contribution is 2.27. The van der Waals surface area contributed by atoms with Crippen LogP contribution in [0.25, 0.3) is 10.2 Å². The fraction of sp³-hybridized carbons (Fsp3) is 0.500. The van der Waals surface area contributed by atoms with E-state index < -0.39 is 0 Å². The Morgan fingerprint density at radius 3 is 2.94 bits per heavy atom. The van der Waals surface area contributed by atoms with E-state index in [0.29, 0.717) is 12.6 Å². The maximum absolute atomic E-state index is 5.59. The minimum Gasteiger partial charge on any atom is -0.354 e. The van der Waals surface area contributed by atoms with Gasteiger partial charge in [0.1, 0.15) is 17.0 Å². The lowest BCUT2D eigenvalue weighted by Gasteiger charge is -2.28. The standard InChI is InChI=1S/C12H18N4S/c1-9(2)16(6-3-5-13)11-10-4-7-17-12(10)15-8-14-11/h4,7-9H,3,5-6,13H2,1-2H3. The smallest absolute Gasteiger partial charge is 0.140 e.